The minimum Gasteiger partial charge on any atom is -0.396 e. The van der Waals surface area contributed by atoms with Gasteiger partial charge in [0.1, 0.15) is 0 Å². The van der Waals surface area contributed by atoms with Crippen LogP contribution in [0.2, 0.25) is 10.0 Å². The third kappa shape index (κ3) is 4.19. The lowest BCUT2D eigenvalue weighted by molar-refractivity contribution is -0.121. The van der Waals surface area contributed by atoms with Gasteiger partial charge >= 0.3 is 0 Å². The molecule has 2 N–H and O–H groups in total. The summed E-state index contributed by atoms with van der Waals surface area (Å²) in [5, 5.41) is 12.5. The number of carbonyl (C=O) groups is 1. The Hall–Kier alpha value is -0.770. The van der Waals surface area contributed by atoms with E-state index in [2.05, 4.69) is 5.32 Å². The molecule has 0 fully saturated rings. The zero-order valence-electron chi connectivity index (χ0n) is 9.54. The summed E-state index contributed by atoms with van der Waals surface area (Å²) in [5.41, 5.74) is 0.914. The van der Waals surface area contributed by atoms with Gasteiger partial charge in [0.05, 0.1) is 10.0 Å². The van der Waals surface area contributed by atoms with Gasteiger partial charge in [-0.2, -0.15) is 0 Å². The standard InChI is InChI=1S/C12H15Cl2NO2/c1-15-12(17)7-9(4-5-16)8-2-3-10(13)11(14)6-8/h2-3,6,9,16H,4-5,7H2,1H3,(H,15,17). The predicted octanol–water partition coefficient (Wildman–Crippen LogP) is 2.60. The first kappa shape index (κ1) is 14.3. The van der Waals surface area contributed by atoms with E-state index < -0.39 is 0 Å². The predicted molar refractivity (Wildman–Crippen MR) is 69.6 cm³/mol. The van der Waals surface area contributed by atoms with E-state index in [-0.39, 0.29) is 18.4 Å². The topological polar surface area (TPSA) is 49.3 Å². The van der Waals surface area contributed by atoms with Crippen molar-refractivity contribution in [3.05, 3.63) is 33.8 Å². The highest BCUT2D eigenvalue weighted by molar-refractivity contribution is 6.42. The molecule has 0 spiro atoms. The number of halogens is 2. The lowest BCUT2D eigenvalue weighted by atomic mass is 9.92. The van der Waals surface area contributed by atoms with Gasteiger partial charge in [-0.15, -0.1) is 0 Å². The van der Waals surface area contributed by atoms with Crippen molar-refractivity contribution in [3.63, 3.8) is 0 Å². The second kappa shape index (κ2) is 6.84. The van der Waals surface area contributed by atoms with Gasteiger partial charge in [0.25, 0.3) is 0 Å². The van der Waals surface area contributed by atoms with Crippen LogP contribution in [0.4, 0.5) is 0 Å². The van der Waals surface area contributed by atoms with Crippen molar-refractivity contribution in [3.8, 4) is 0 Å². The lowest BCUT2D eigenvalue weighted by Gasteiger charge is -2.16. The van der Waals surface area contributed by atoms with Crippen LogP contribution < -0.4 is 5.32 Å². The normalized spacial score (nSPS) is 12.2. The molecule has 1 aromatic rings. The Morgan fingerprint density at radius 2 is 2.12 bits per heavy atom. The van der Waals surface area contributed by atoms with Crippen LogP contribution in [0, 0.1) is 0 Å². The van der Waals surface area contributed by atoms with Crippen molar-refractivity contribution in [1.29, 1.82) is 0 Å². The minimum absolute atomic E-state index is 0.0297. The van der Waals surface area contributed by atoms with Crippen molar-refractivity contribution in [1.82, 2.24) is 5.32 Å². The number of hydrogen-bond donors (Lipinski definition) is 2. The highest BCUT2D eigenvalue weighted by atomic mass is 35.5. The van der Waals surface area contributed by atoms with Crippen LogP contribution in [0.3, 0.4) is 0 Å². The van der Waals surface area contributed by atoms with Crippen molar-refractivity contribution in [2.24, 2.45) is 0 Å². The molecule has 3 nitrogen and oxygen atoms in total. The summed E-state index contributed by atoms with van der Waals surface area (Å²) in [6, 6.07) is 5.28. The van der Waals surface area contributed by atoms with Gasteiger partial charge in [0, 0.05) is 20.1 Å². The van der Waals surface area contributed by atoms with E-state index in [4.69, 9.17) is 28.3 Å². The van der Waals surface area contributed by atoms with Crippen LogP contribution in [0.15, 0.2) is 18.2 Å². The third-order valence-corrected chi connectivity index (χ3v) is 3.34. The fourth-order valence-corrected chi connectivity index (χ4v) is 1.94. The monoisotopic (exact) mass is 275 g/mol. The Morgan fingerprint density at radius 1 is 1.41 bits per heavy atom. The second-order valence-corrected chi connectivity index (χ2v) is 4.57. The Balaban J connectivity index is 2.88. The number of nitrogens with one attached hydrogen (secondary N) is 1. The summed E-state index contributed by atoms with van der Waals surface area (Å²) in [6.07, 6.45) is 0.848. The minimum atomic E-state index is -0.0606. The van der Waals surface area contributed by atoms with Gasteiger partial charge in [-0.3, -0.25) is 4.79 Å². The fourth-order valence-electron chi connectivity index (χ4n) is 1.63. The molecule has 0 saturated carbocycles. The molecule has 0 aliphatic heterocycles. The quantitative estimate of drug-likeness (QED) is 0.868. The molecule has 0 aromatic heterocycles. The molecule has 1 atom stereocenters. The van der Waals surface area contributed by atoms with Crippen molar-refractivity contribution < 1.29 is 9.90 Å². The number of rotatable bonds is 5. The van der Waals surface area contributed by atoms with E-state index in [1.165, 1.54) is 0 Å². The molecular weight excluding hydrogens is 261 g/mol. The first-order valence-corrected chi connectivity index (χ1v) is 6.10. The molecule has 17 heavy (non-hydrogen) atoms. The molecule has 1 unspecified atom stereocenters. The Labute approximate surface area is 111 Å². The first-order valence-electron chi connectivity index (χ1n) is 5.35. The smallest absolute Gasteiger partial charge is 0.220 e. The van der Waals surface area contributed by atoms with E-state index >= 15 is 0 Å². The largest absolute Gasteiger partial charge is 0.396 e. The van der Waals surface area contributed by atoms with Crippen molar-refractivity contribution in [2.45, 2.75) is 18.8 Å². The summed E-state index contributed by atoms with van der Waals surface area (Å²) in [6.45, 7) is 0.0297. The molecular formula is C12H15Cl2NO2. The summed E-state index contributed by atoms with van der Waals surface area (Å²) < 4.78 is 0. The number of amides is 1. The van der Waals surface area contributed by atoms with Crippen molar-refractivity contribution in [2.75, 3.05) is 13.7 Å². The maximum atomic E-state index is 11.4. The van der Waals surface area contributed by atoms with Crippen molar-refractivity contribution >= 4 is 29.1 Å². The molecule has 0 radical (unpaired) electrons. The molecule has 94 valence electrons. The highest BCUT2D eigenvalue weighted by Gasteiger charge is 2.16. The van der Waals surface area contributed by atoms with Gasteiger partial charge in [-0.25, -0.2) is 0 Å². The van der Waals surface area contributed by atoms with Crippen LogP contribution in [0.1, 0.15) is 24.3 Å². The third-order valence-electron chi connectivity index (χ3n) is 2.60. The average molecular weight is 276 g/mol. The van der Waals surface area contributed by atoms with Gasteiger partial charge in [-0.05, 0) is 30.0 Å². The maximum absolute atomic E-state index is 11.4. The van der Waals surface area contributed by atoms with Gasteiger partial charge < -0.3 is 10.4 Å². The number of hydrogen-bond acceptors (Lipinski definition) is 2. The molecule has 0 bridgehead atoms. The number of benzene rings is 1. The van der Waals surface area contributed by atoms with E-state index in [1.54, 1.807) is 19.2 Å². The average Bonchev–Trinajstić information content (AvgIpc) is 2.32. The summed E-state index contributed by atoms with van der Waals surface area (Å²) in [4.78, 5) is 11.4. The van der Waals surface area contributed by atoms with E-state index in [0.29, 0.717) is 22.9 Å². The zero-order valence-corrected chi connectivity index (χ0v) is 11.1. The van der Waals surface area contributed by atoms with Gasteiger partial charge in [-0.1, -0.05) is 29.3 Å². The van der Waals surface area contributed by atoms with Gasteiger partial charge in [0.2, 0.25) is 5.91 Å². The first-order chi connectivity index (χ1) is 8.08. The van der Waals surface area contributed by atoms with Crippen LogP contribution in [0.25, 0.3) is 0 Å². The molecule has 0 heterocycles. The Morgan fingerprint density at radius 3 is 2.65 bits per heavy atom. The number of carbonyl (C=O) groups excluding carboxylic acids is 1. The van der Waals surface area contributed by atoms with Crippen LogP contribution in [-0.2, 0) is 4.79 Å². The van der Waals surface area contributed by atoms with Gasteiger partial charge in [0.15, 0.2) is 0 Å². The summed E-state index contributed by atoms with van der Waals surface area (Å²) >= 11 is 11.8. The second-order valence-electron chi connectivity index (χ2n) is 3.76. The molecule has 5 heteroatoms. The fraction of sp³-hybridized carbons (Fsp3) is 0.417. The van der Waals surface area contributed by atoms with E-state index in [9.17, 15) is 4.79 Å². The van der Waals surface area contributed by atoms with E-state index in [0.717, 1.165) is 5.56 Å². The highest BCUT2D eigenvalue weighted by Crippen LogP contribution is 2.29. The van der Waals surface area contributed by atoms with Crippen LogP contribution in [0.5, 0.6) is 0 Å². The molecule has 1 rings (SSSR count). The zero-order chi connectivity index (χ0) is 12.8. The molecule has 0 aliphatic carbocycles. The molecule has 0 aliphatic rings. The molecule has 0 saturated heterocycles. The van der Waals surface area contributed by atoms with Crippen LogP contribution in [-0.4, -0.2) is 24.7 Å². The molecule has 1 amide bonds. The Bertz CT molecular complexity index is 396. The SMILES string of the molecule is CNC(=O)CC(CCO)c1ccc(Cl)c(Cl)c1. The Kier molecular flexibility index (Phi) is 5.75. The maximum Gasteiger partial charge on any atom is 0.220 e. The lowest BCUT2D eigenvalue weighted by Crippen LogP contribution is -2.21. The number of aliphatic hydroxyl groups excluding tert-OH is 1. The summed E-state index contributed by atoms with van der Waals surface area (Å²) in [7, 11) is 1.59. The van der Waals surface area contributed by atoms with E-state index in [1.807, 2.05) is 6.07 Å². The molecule has 1 aromatic carbocycles. The van der Waals surface area contributed by atoms with Crippen LogP contribution >= 0.6 is 23.2 Å². The number of aliphatic hydroxyl groups is 1. The summed E-state index contributed by atoms with van der Waals surface area (Å²) in [5.74, 6) is -0.107.